The monoisotopic (exact) mass is 271 g/mol. The van der Waals surface area contributed by atoms with Gasteiger partial charge in [0.05, 0.1) is 5.56 Å². The second-order valence-corrected chi connectivity index (χ2v) is 4.17. The molecule has 0 aliphatic heterocycles. The normalized spacial score (nSPS) is 10.1. The third-order valence-corrected chi connectivity index (χ3v) is 2.88. The number of hydrogen-bond donors (Lipinski definition) is 2. The number of pyridine rings is 1. The van der Waals surface area contributed by atoms with Crippen LogP contribution in [0.3, 0.4) is 0 Å². The number of hydrogen-bond acceptors (Lipinski definition) is 4. The minimum absolute atomic E-state index is 0.177. The van der Waals surface area contributed by atoms with Gasteiger partial charge in [0.25, 0.3) is 5.91 Å². The molecule has 0 aliphatic carbocycles. The summed E-state index contributed by atoms with van der Waals surface area (Å²) in [4.78, 5) is 27.6. The molecule has 3 N–H and O–H groups in total. The summed E-state index contributed by atoms with van der Waals surface area (Å²) in [6, 6.07) is 9.72. The van der Waals surface area contributed by atoms with E-state index in [1.165, 1.54) is 18.3 Å². The number of anilines is 2. The Hall–Kier alpha value is -2.89. The first kappa shape index (κ1) is 13.5. The molecule has 20 heavy (non-hydrogen) atoms. The van der Waals surface area contributed by atoms with Crippen LogP contribution in [0.4, 0.5) is 11.4 Å². The number of nitrogens with two attached hydrogens (primary N) is 1. The second kappa shape index (κ2) is 5.40. The van der Waals surface area contributed by atoms with Gasteiger partial charge in [-0.3, -0.25) is 9.78 Å². The largest absolute Gasteiger partial charge is 0.478 e. The average Bonchev–Trinajstić information content (AvgIpc) is 2.46. The molecule has 0 radical (unpaired) electrons. The van der Waals surface area contributed by atoms with E-state index in [2.05, 4.69) is 4.98 Å². The number of rotatable bonds is 4. The lowest BCUT2D eigenvalue weighted by atomic mass is 10.2. The molecule has 0 spiro atoms. The third-order valence-electron chi connectivity index (χ3n) is 2.88. The predicted octanol–water partition coefficient (Wildman–Crippen LogP) is 1.65. The van der Waals surface area contributed by atoms with E-state index in [0.717, 1.165) is 11.4 Å². The summed E-state index contributed by atoms with van der Waals surface area (Å²) in [5.41, 5.74) is 7.11. The maximum atomic E-state index is 11.1. The zero-order valence-corrected chi connectivity index (χ0v) is 10.8. The van der Waals surface area contributed by atoms with E-state index < -0.39 is 11.9 Å². The van der Waals surface area contributed by atoms with Crippen LogP contribution in [0.5, 0.6) is 0 Å². The zero-order chi connectivity index (χ0) is 14.7. The Labute approximate surface area is 115 Å². The van der Waals surface area contributed by atoms with E-state index in [1.54, 1.807) is 36.2 Å². The number of nitrogens with zero attached hydrogens (tertiary/aromatic N) is 2. The molecule has 0 atom stereocenters. The summed E-state index contributed by atoms with van der Waals surface area (Å²) in [5.74, 6) is -1.57. The highest BCUT2D eigenvalue weighted by Gasteiger charge is 2.09. The summed E-state index contributed by atoms with van der Waals surface area (Å²) in [6.07, 6.45) is 1.50. The molecule has 1 amide bonds. The molecular formula is C14H13N3O3. The van der Waals surface area contributed by atoms with E-state index in [9.17, 15) is 9.59 Å². The number of carbonyl (C=O) groups excluding carboxylic acids is 1. The van der Waals surface area contributed by atoms with Crippen molar-refractivity contribution in [2.75, 3.05) is 11.9 Å². The van der Waals surface area contributed by atoms with Gasteiger partial charge in [0.1, 0.15) is 5.69 Å². The van der Waals surface area contributed by atoms with Gasteiger partial charge in [0, 0.05) is 24.6 Å². The smallest absolute Gasteiger partial charge is 0.335 e. The van der Waals surface area contributed by atoms with Crippen molar-refractivity contribution in [3.8, 4) is 0 Å². The molecule has 1 aromatic heterocycles. The van der Waals surface area contributed by atoms with Crippen molar-refractivity contribution in [3.63, 3.8) is 0 Å². The Balaban J connectivity index is 2.30. The molecular weight excluding hydrogens is 258 g/mol. The van der Waals surface area contributed by atoms with E-state index in [-0.39, 0.29) is 11.3 Å². The van der Waals surface area contributed by atoms with Gasteiger partial charge in [-0.05, 0) is 36.4 Å². The highest BCUT2D eigenvalue weighted by Crippen LogP contribution is 2.23. The molecule has 0 unspecified atom stereocenters. The molecule has 0 aliphatic rings. The molecule has 0 saturated heterocycles. The minimum Gasteiger partial charge on any atom is -0.478 e. The van der Waals surface area contributed by atoms with Gasteiger partial charge < -0.3 is 15.7 Å². The van der Waals surface area contributed by atoms with E-state index >= 15 is 0 Å². The van der Waals surface area contributed by atoms with Crippen LogP contribution in [-0.2, 0) is 0 Å². The number of benzene rings is 1. The van der Waals surface area contributed by atoms with Crippen LogP contribution in [0, 0.1) is 0 Å². The van der Waals surface area contributed by atoms with Gasteiger partial charge in [-0.2, -0.15) is 0 Å². The lowest BCUT2D eigenvalue weighted by Crippen LogP contribution is -2.15. The Bertz CT molecular complexity index is 653. The predicted molar refractivity (Wildman–Crippen MR) is 74.2 cm³/mol. The number of amides is 1. The first-order chi connectivity index (χ1) is 9.49. The van der Waals surface area contributed by atoms with E-state index in [4.69, 9.17) is 10.8 Å². The van der Waals surface area contributed by atoms with E-state index in [0.29, 0.717) is 0 Å². The molecule has 0 fully saturated rings. The van der Waals surface area contributed by atoms with Crippen molar-refractivity contribution in [2.24, 2.45) is 5.73 Å². The Kier molecular flexibility index (Phi) is 3.65. The Morgan fingerprint density at radius 3 is 2.35 bits per heavy atom. The average molecular weight is 271 g/mol. The van der Waals surface area contributed by atoms with Crippen molar-refractivity contribution in [2.45, 2.75) is 0 Å². The fraction of sp³-hybridized carbons (Fsp3) is 0.0714. The third kappa shape index (κ3) is 2.74. The standard InChI is InChI=1S/C14H13N3O3/c1-17(10-4-2-9(3-5-10)14(19)20)11-6-7-16-12(8-11)13(15)18/h2-8H,1H3,(H2,15,18)(H,19,20). The lowest BCUT2D eigenvalue weighted by molar-refractivity contribution is 0.0696. The summed E-state index contributed by atoms with van der Waals surface area (Å²) in [7, 11) is 1.80. The van der Waals surface area contributed by atoms with Crippen LogP contribution >= 0.6 is 0 Å². The fourth-order valence-electron chi connectivity index (χ4n) is 1.74. The van der Waals surface area contributed by atoms with Gasteiger partial charge in [0.15, 0.2) is 0 Å². The van der Waals surface area contributed by atoms with Gasteiger partial charge in [-0.1, -0.05) is 0 Å². The Morgan fingerprint density at radius 2 is 1.80 bits per heavy atom. The molecule has 1 heterocycles. The molecule has 2 rings (SSSR count). The fourth-order valence-corrected chi connectivity index (χ4v) is 1.74. The first-order valence-electron chi connectivity index (χ1n) is 5.82. The van der Waals surface area contributed by atoms with Crippen molar-refractivity contribution < 1.29 is 14.7 Å². The van der Waals surface area contributed by atoms with Crippen molar-refractivity contribution in [1.82, 2.24) is 4.98 Å². The Morgan fingerprint density at radius 1 is 1.15 bits per heavy atom. The highest BCUT2D eigenvalue weighted by atomic mass is 16.4. The molecule has 6 heteroatoms. The maximum absolute atomic E-state index is 11.1. The summed E-state index contributed by atoms with van der Waals surface area (Å²) in [5, 5.41) is 8.86. The quantitative estimate of drug-likeness (QED) is 0.881. The second-order valence-electron chi connectivity index (χ2n) is 4.17. The summed E-state index contributed by atoms with van der Waals surface area (Å²) >= 11 is 0. The van der Waals surface area contributed by atoms with Crippen molar-refractivity contribution in [1.29, 1.82) is 0 Å². The topological polar surface area (TPSA) is 96.5 Å². The SMILES string of the molecule is CN(c1ccc(C(=O)O)cc1)c1ccnc(C(N)=O)c1. The number of primary amides is 1. The van der Waals surface area contributed by atoms with Gasteiger partial charge in [-0.15, -0.1) is 0 Å². The first-order valence-corrected chi connectivity index (χ1v) is 5.82. The molecule has 102 valence electrons. The summed E-state index contributed by atoms with van der Waals surface area (Å²) in [6.45, 7) is 0. The van der Waals surface area contributed by atoms with E-state index in [1.807, 2.05) is 0 Å². The number of carboxylic acids is 1. The van der Waals surface area contributed by atoms with Gasteiger partial charge >= 0.3 is 5.97 Å². The number of carbonyl (C=O) groups is 2. The van der Waals surface area contributed by atoms with Crippen LogP contribution in [-0.4, -0.2) is 29.0 Å². The molecule has 2 aromatic rings. The van der Waals surface area contributed by atoms with Crippen molar-refractivity contribution in [3.05, 3.63) is 53.9 Å². The number of aromatic carboxylic acids is 1. The van der Waals surface area contributed by atoms with Gasteiger partial charge in [0.2, 0.25) is 0 Å². The molecule has 0 bridgehead atoms. The van der Waals surface area contributed by atoms with Crippen LogP contribution in [0.15, 0.2) is 42.6 Å². The zero-order valence-electron chi connectivity index (χ0n) is 10.8. The molecule has 1 aromatic carbocycles. The lowest BCUT2D eigenvalue weighted by Gasteiger charge is -2.19. The number of carboxylic acid groups (broad SMARTS) is 1. The van der Waals surface area contributed by atoms with Crippen LogP contribution in [0.2, 0.25) is 0 Å². The van der Waals surface area contributed by atoms with Crippen LogP contribution in [0.25, 0.3) is 0 Å². The molecule has 6 nitrogen and oxygen atoms in total. The highest BCUT2D eigenvalue weighted by molar-refractivity contribution is 5.92. The maximum Gasteiger partial charge on any atom is 0.335 e. The molecule has 0 saturated carbocycles. The van der Waals surface area contributed by atoms with Gasteiger partial charge in [-0.25, -0.2) is 4.79 Å². The van der Waals surface area contributed by atoms with Crippen LogP contribution < -0.4 is 10.6 Å². The van der Waals surface area contributed by atoms with Crippen LogP contribution in [0.1, 0.15) is 20.8 Å². The summed E-state index contributed by atoms with van der Waals surface area (Å²) < 4.78 is 0. The van der Waals surface area contributed by atoms with Crippen molar-refractivity contribution >= 4 is 23.3 Å². The number of aromatic nitrogens is 1. The minimum atomic E-state index is -0.973.